The van der Waals surface area contributed by atoms with Crippen LogP contribution in [0.1, 0.15) is 40.0 Å². The molecule has 1 aromatic carbocycles. The maximum absolute atomic E-state index is 12.9. The van der Waals surface area contributed by atoms with E-state index < -0.39 is 5.60 Å². The summed E-state index contributed by atoms with van der Waals surface area (Å²) in [5.74, 6) is 2.28. The third-order valence-corrected chi connectivity index (χ3v) is 7.57. The van der Waals surface area contributed by atoms with Crippen LogP contribution in [0, 0.1) is 5.41 Å². The Labute approximate surface area is 239 Å². The number of nitrogens with one attached hydrogen (secondary N) is 2. The van der Waals surface area contributed by atoms with E-state index in [1.54, 1.807) is 45.7 Å². The molecule has 1 atom stereocenters. The summed E-state index contributed by atoms with van der Waals surface area (Å²) in [5, 5.41) is 3.63. The van der Waals surface area contributed by atoms with Crippen molar-refractivity contribution in [2.75, 3.05) is 57.7 Å². The quantitative estimate of drug-likeness (QED) is 0.445. The molecule has 12 heteroatoms. The number of methoxy groups -OCH3 is 3. The smallest absolute Gasteiger partial charge is 0.410 e. The lowest BCUT2D eigenvalue weighted by atomic mass is 9.79. The van der Waals surface area contributed by atoms with Crippen molar-refractivity contribution in [1.29, 1.82) is 0 Å². The summed E-state index contributed by atoms with van der Waals surface area (Å²) in [4.78, 5) is 42.0. The first-order valence-corrected chi connectivity index (χ1v) is 13.7. The Morgan fingerprint density at radius 2 is 1.76 bits per heavy atom. The highest BCUT2D eigenvalue weighted by atomic mass is 16.6. The molecule has 0 bridgehead atoms. The number of carbonyl (C=O) groups is 1. The van der Waals surface area contributed by atoms with E-state index >= 15 is 0 Å². The van der Waals surface area contributed by atoms with Crippen LogP contribution in [0.25, 0.3) is 10.9 Å². The van der Waals surface area contributed by atoms with E-state index in [9.17, 15) is 9.59 Å². The molecule has 41 heavy (non-hydrogen) atoms. The molecule has 0 saturated carbocycles. The van der Waals surface area contributed by atoms with E-state index in [2.05, 4.69) is 15.2 Å². The summed E-state index contributed by atoms with van der Waals surface area (Å²) in [6, 6.07) is 5.28. The van der Waals surface area contributed by atoms with Gasteiger partial charge in [-0.05, 0) is 46.1 Å². The van der Waals surface area contributed by atoms with Gasteiger partial charge in [-0.15, -0.1) is 0 Å². The van der Waals surface area contributed by atoms with Gasteiger partial charge in [0.15, 0.2) is 11.5 Å². The van der Waals surface area contributed by atoms with Crippen LogP contribution in [-0.4, -0.2) is 79.1 Å². The molecular weight excluding hydrogens is 528 g/mol. The number of amides is 1. The summed E-state index contributed by atoms with van der Waals surface area (Å²) in [6.45, 7) is 8.39. The van der Waals surface area contributed by atoms with Crippen LogP contribution >= 0.6 is 0 Å². The van der Waals surface area contributed by atoms with Crippen LogP contribution in [0.15, 0.2) is 29.2 Å². The molecule has 12 nitrogen and oxygen atoms in total. The van der Waals surface area contributed by atoms with Crippen molar-refractivity contribution in [3.63, 3.8) is 0 Å². The van der Waals surface area contributed by atoms with Crippen molar-refractivity contribution >= 4 is 34.4 Å². The Bertz CT molecular complexity index is 1480. The molecule has 2 aliphatic heterocycles. The van der Waals surface area contributed by atoms with Crippen molar-refractivity contribution in [1.82, 2.24) is 19.9 Å². The molecule has 220 valence electrons. The molecule has 2 saturated heterocycles. The van der Waals surface area contributed by atoms with Gasteiger partial charge in [0.1, 0.15) is 16.8 Å². The summed E-state index contributed by atoms with van der Waals surface area (Å²) >= 11 is 0. The fraction of sp³-hybridized carbons (Fsp3) is 0.517. The molecule has 2 aromatic heterocycles. The van der Waals surface area contributed by atoms with E-state index in [4.69, 9.17) is 28.9 Å². The van der Waals surface area contributed by atoms with Gasteiger partial charge >= 0.3 is 6.09 Å². The van der Waals surface area contributed by atoms with Crippen molar-refractivity contribution in [3.8, 4) is 17.2 Å². The number of anilines is 3. The summed E-state index contributed by atoms with van der Waals surface area (Å²) in [5.41, 5.74) is 0.209. The van der Waals surface area contributed by atoms with Gasteiger partial charge in [0, 0.05) is 55.6 Å². The van der Waals surface area contributed by atoms with Crippen molar-refractivity contribution in [2.45, 2.75) is 45.6 Å². The number of benzene rings is 1. The Balaban J connectivity index is 1.47. The van der Waals surface area contributed by atoms with Crippen molar-refractivity contribution in [2.24, 2.45) is 5.41 Å². The Morgan fingerprint density at radius 1 is 1.02 bits per heavy atom. The van der Waals surface area contributed by atoms with Gasteiger partial charge in [-0.1, -0.05) is 0 Å². The van der Waals surface area contributed by atoms with Crippen LogP contribution in [0.5, 0.6) is 17.2 Å². The van der Waals surface area contributed by atoms with E-state index in [0.29, 0.717) is 65.2 Å². The standard InChI is InChI=1S/C29H38N6O6/c1-28(2,3)41-27(37)35-13-10-29(17-35)9-7-12-34(16-29)26-32-19-8-11-30-25(36)22(19)24(33-26)31-18-14-20(38-4)23(40-6)21(15-18)39-5/h8,11,14-15H,7,9-10,12-13,16-17H2,1-6H3,(H,30,36)(H,31,32,33). The number of aromatic amines is 1. The van der Waals surface area contributed by atoms with Gasteiger partial charge in [0.05, 0.1) is 26.8 Å². The Hall–Kier alpha value is -4.22. The van der Waals surface area contributed by atoms with Gasteiger partial charge in [-0.2, -0.15) is 4.98 Å². The average molecular weight is 567 g/mol. The maximum atomic E-state index is 12.9. The molecule has 1 unspecified atom stereocenters. The summed E-state index contributed by atoms with van der Waals surface area (Å²) < 4.78 is 22.1. The minimum absolute atomic E-state index is 0.0774. The molecule has 0 radical (unpaired) electrons. The van der Waals surface area contributed by atoms with E-state index in [1.165, 1.54) is 0 Å². The SMILES string of the molecule is COc1cc(Nc2nc(N3CCCC4(CCN(C(=O)OC(C)(C)C)C4)C3)nc3cc[nH]c(=O)c23)cc(OC)c1OC. The molecule has 4 heterocycles. The van der Waals surface area contributed by atoms with Crippen LogP contribution < -0.4 is 30.0 Å². The van der Waals surface area contributed by atoms with E-state index in [0.717, 1.165) is 25.8 Å². The zero-order valence-electron chi connectivity index (χ0n) is 24.5. The molecule has 1 spiro atoms. The number of carbonyl (C=O) groups excluding carboxylic acids is 1. The molecular formula is C29H38N6O6. The highest BCUT2D eigenvalue weighted by molar-refractivity contribution is 5.91. The topological polar surface area (TPSA) is 131 Å². The highest BCUT2D eigenvalue weighted by Crippen LogP contribution is 2.42. The second-order valence-electron chi connectivity index (χ2n) is 11.7. The number of H-pyrrole nitrogens is 1. The lowest BCUT2D eigenvalue weighted by molar-refractivity contribution is 0.0269. The van der Waals surface area contributed by atoms with Gasteiger partial charge < -0.3 is 39.0 Å². The second-order valence-corrected chi connectivity index (χ2v) is 11.7. The van der Waals surface area contributed by atoms with Crippen molar-refractivity contribution in [3.05, 3.63) is 34.7 Å². The number of likely N-dealkylation sites (tertiary alicyclic amines) is 1. The van der Waals surface area contributed by atoms with Gasteiger partial charge in [-0.25, -0.2) is 9.78 Å². The van der Waals surface area contributed by atoms with Crippen LogP contribution in [0.2, 0.25) is 0 Å². The number of pyridine rings is 1. The van der Waals surface area contributed by atoms with Gasteiger partial charge in [0.25, 0.3) is 5.56 Å². The first-order chi connectivity index (χ1) is 19.5. The zero-order valence-corrected chi connectivity index (χ0v) is 24.5. The Morgan fingerprint density at radius 3 is 2.41 bits per heavy atom. The molecule has 2 fully saturated rings. The van der Waals surface area contributed by atoms with Crippen LogP contribution in [0.4, 0.5) is 22.2 Å². The van der Waals surface area contributed by atoms with Gasteiger partial charge in [0.2, 0.25) is 11.7 Å². The predicted molar refractivity (Wildman–Crippen MR) is 156 cm³/mol. The first kappa shape index (κ1) is 28.3. The van der Waals surface area contributed by atoms with Crippen molar-refractivity contribution < 1.29 is 23.7 Å². The van der Waals surface area contributed by atoms with Gasteiger partial charge in [-0.3, -0.25) is 4.79 Å². The first-order valence-electron chi connectivity index (χ1n) is 13.7. The molecule has 2 aliphatic rings. The van der Waals surface area contributed by atoms with E-state index in [1.807, 2.05) is 25.7 Å². The summed E-state index contributed by atoms with van der Waals surface area (Å²) in [6.07, 6.45) is 4.13. The molecule has 1 amide bonds. The third-order valence-electron chi connectivity index (χ3n) is 7.57. The Kier molecular flexibility index (Phi) is 7.58. The number of aromatic nitrogens is 3. The molecule has 3 aromatic rings. The lowest BCUT2D eigenvalue weighted by Gasteiger charge is -2.40. The minimum Gasteiger partial charge on any atom is -0.493 e. The number of fused-ring (bicyclic) bond motifs is 1. The number of hydrogen-bond acceptors (Lipinski definition) is 10. The third kappa shape index (κ3) is 5.82. The molecule has 5 rings (SSSR count). The van der Waals surface area contributed by atoms with Crippen LogP contribution in [0.3, 0.4) is 0 Å². The number of nitrogens with zero attached hydrogens (tertiary/aromatic N) is 4. The number of piperidine rings is 1. The monoisotopic (exact) mass is 566 g/mol. The summed E-state index contributed by atoms with van der Waals surface area (Å²) in [7, 11) is 4.63. The largest absolute Gasteiger partial charge is 0.493 e. The highest BCUT2D eigenvalue weighted by Gasteiger charge is 2.44. The minimum atomic E-state index is -0.538. The molecule has 2 N–H and O–H groups in total. The van der Waals surface area contributed by atoms with Crippen LogP contribution in [-0.2, 0) is 4.74 Å². The lowest BCUT2D eigenvalue weighted by Crippen LogP contribution is -2.46. The predicted octanol–water partition coefficient (Wildman–Crippen LogP) is 4.31. The fourth-order valence-electron chi connectivity index (χ4n) is 5.73. The number of ether oxygens (including phenoxy) is 4. The second kappa shape index (κ2) is 11.0. The van der Waals surface area contributed by atoms with E-state index in [-0.39, 0.29) is 17.1 Å². The molecule has 0 aliphatic carbocycles. The zero-order chi connectivity index (χ0) is 29.4. The fourth-order valence-corrected chi connectivity index (χ4v) is 5.73. The average Bonchev–Trinajstić information content (AvgIpc) is 3.34. The maximum Gasteiger partial charge on any atom is 0.410 e. The number of hydrogen-bond donors (Lipinski definition) is 2. The normalized spacial score (nSPS) is 19.0. The number of rotatable bonds is 6.